The molecule has 110 valence electrons. The Balaban J connectivity index is 0.00000200. The van der Waals surface area contributed by atoms with Gasteiger partial charge in [0.15, 0.2) is 11.5 Å². The van der Waals surface area contributed by atoms with Crippen LogP contribution in [-0.2, 0) is 11.2 Å². The second-order valence-corrected chi connectivity index (χ2v) is 4.59. The van der Waals surface area contributed by atoms with E-state index in [1.807, 2.05) is 39.1 Å². The molecule has 0 saturated carbocycles. The Morgan fingerprint density at radius 3 is 2.85 bits per heavy atom. The molecule has 2 N–H and O–H groups in total. The smallest absolute Gasteiger partial charge is 0.228 e. The van der Waals surface area contributed by atoms with Gasteiger partial charge in [-0.25, -0.2) is 4.98 Å². The molecule has 2 aromatic rings. The predicted molar refractivity (Wildman–Crippen MR) is 82.4 cm³/mol. The van der Waals surface area contributed by atoms with Gasteiger partial charge in [-0.3, -0.25) is 4.79 Å². The molecule has 0 spiro atoms. The van der Waals surface area contributed by atoms with Crippen molar-refractivity contribution < 1.29 is 9.21 Å². The molecule has 0 fully saturated rings. The van der Waals surface area contributed by atoms with Crippen LogP contribution in [0.25, 0.3) is 11.1 Å². The molecule has 20 heavy (non-hydrogen) atoms. The highest BCUT2D eigenvalue weighted by Gasteiger charge is 2.12. The van der Waals surface area contributed by atoms with Gasteiger partial charge in [-0.2, -0.15) is 0 Å². The molecule has 1 aromatic heterocycles. The van der Waals surface area contributed by atoms with Gasteiger partial charge in [-0.05, 0) is 25.2 Å². The summed E-state index contributed by atoms with van der Waals surface area (Å²) in [6.45, 7) is 4.53. The van der Waals surface area contributed by atoms with E-state index in [0.29, 0.717) is 12.4 Å². The summed E-state index contributed by atoms with van der Waals surface area (Å²) >= 11 is 0. The number of aromatic nitrogens is 1. The summed E-state index contributed by atoms with van der Waals surface area (Å²) in [5.74, 6) is 0.624. The summed E-state index contributed by atoms with van der Waals surface area (Å²) in [6, 6.07) is 5.50. The number of halogens is 1. The third-order valence-electron chi connectivity index (χ3n) is 2.96. The van der Waals surface area contributed by atoms with Gasteiger partial charge in [0, 0.05) is 24.6 Å². The van der Waals surface area contributed by atoms with Crippen molar-refractivity contribution in [3.05, 3.63) is 24.1 Å². The molecule has 1 unspecified atom stereocenters. The number of nitrogens with one attached hydrogen (secondary N) is 2. The molecule has 2 rings (SSSR count). The van der Waals surface area contributed by atoms with Gasteiger partial charge in [0.25, 0.3) is 0 Å². The zero-order valence-electron chi connectivity index (χ0n) is 11.9. The Morgan fingerprint density at radius 2 is 2.20 bits per heavy atom. The van der Waals surface area contributed by atoms with Crippen LogP contribution in [0.15, 0.2) is 22.6 Å². The van der Waals surface area contributed by atoms with E-state index in [9.17, 15) is 4.79 Å². The van der Waals surface area contributed by atoms with Gasteiger partial charge in [0.2, 0.25) is 5.91 Å². The van der Waals surface area contributed by atoms with Crippen molar-refractivity contribution in [2.24, 2.45) is 5.92 Å². The Hall–Kier alpha value is -1.59. The van der Waals surface area contributed by atoms with E-state index in [4.69, 9.17) is 4.42 Å². The number of hydrogen-bond acceptors (Lipinski definition) is 4. The van der Waals surface area contributed by atoms with Gasteiger partial charge < -0.3 is 15.1 Å². The summed E-state index contributed by atoms with van der Waals surface area (Å²) in [5.41, 5.74) is 2.27. The van der Waals surface area contributed by atoms with E-state index in [1.165, 1.54) is 0 Å². The number of carbonyl (C=O) groups excluding carboxylic acids is 1. The molecule has 1 amide bonds. The third-order valence-corrected chi connectivity index (χ3v) is 2.96. The highest BCUT2D eigenvalue weighted by molar-refractivity contribution is 5.94. The molecule has 0 saturated heterocycles. The van der Waals surface area contributed by atoms with Crippen LogP contribution in [0.4, 0.5) is 5.69 Å². The summed E-state index contributed by atoms with van der Waals surface area (Å²) in [4.78, 5) is 16.3. The number of oxazole rings is 1. The summed E-state index contributed by atoms with van der Waals surface area (Å²) < 4.78 is 5.53. The van der Waals surface area contributed by atoms with E-state index >= 15 is 0 Å². The first kappa shape index (κ1) is 16.5. The minimum Gasteiger partial charge on any atom is -0.441 e. The lowest BCUT2D eigenvalue weighted by Crippen LogP contribution is -2.28. The third kappa shape index (κ3) is 3.71. The average Bonchev–Trinajstić information content (AvgIpc) is 2.81. The van der Waals surface area contributed by atoms with Crippen molar-refractivity contribution in [1.82, 2.24) is 10.3 Å². The highest BCUT2D eigenvalue weighted by Crippen LogP contribution is 2.20. The Labute approximate surface area is 124 Å². The summed E-state index contributed by atoms with van der Waals surface area (Å²) in [5, 5.41) is 5.87. The topological polar surface area (TPSA) is 67.2 Å². The van der Waals surface area contributed by atoms with Crippen LogP contribution in [0.5, 0.6) is 0 Å². The minimum absolute atomic E-state index is 0. The van der Waals surface area contributed by atoms with Crippen LogP contribution in [0.2, 0.25) is 0 Å². The van der Waals surface area contributed by atoms with Crippen LogP contribution >= 0.6 is 12.4 Å². The van der Waals surface area contributed by atoms with Crippen LogP contribution in [0.1, 0.15) is 19.7 Å². The van der Waals surface area contributed by atoms with Crippen molar-refractivity contribution in [3.8, 4) is 0 Å². The lowest BCUT2D eigenvalue weighted by molar-refractivity contribution is -0.119. The number of anilines is 1. The minimum atomic E-state index is -0.0794. The zero-order chi connectivity index (χ0) is 13.8. The van der Waals surface area contributed by atoms with E-state index in [2.05, 4.69) is 15.6 Å². The van der Waals surface area contributed by atoms with Crippen molar-refractivity contribution in [1.29, 1.82) is 0 Å². The number of amides is 1. The molecule has 0 aliphatic rings. The quantitative estimate of drug-likeness (QED) is 0.890. The molecule has 1 aromatic carbocycles. The maximum Gasteiger partial charge on any atom is 0.228 e. The fourth-order valence-corrected chi connectivity index (χ4v) is 1.87. The number of aryl methyl sites for hydroxylation is 1. The van der Waals surface area contributed by atoms with Gasteiger partial charge >= 0.3 is 0 Å². The molecule has 0 aliphatic heterocycles. The van der Waals surface area contributed by atoms with Crippen LogP contribution in [-0.4, -0.2) is 24.5 Å². The molecule has 1 heterocycles. The first-order valence-electron chi connectivity index (χ1n) is 6.49. The largest absolute Gasteiger partial charge is 0.441 e. The molecule has 0 radical (unpaired) electrons. The van der Waals surface area contributed by atoms with Gasteiger partial charge in [-0.1, -0.05) is 13.8 Å². The number of benzene rings is 1. The fourth-order valence-electron chi connectivity index (χ4n) is 1.87. The Bertz CT molecular complexity index is 583. The van der Waals surface area contributed by atoms with E-state index in [1.54, 1.807) is 0 Å². The molecular formula is C14H20ClN3O2. The van der Waals surface area contributed by atoms with Crippen molar-refractivity contribution >= 4 is 35.1 Å². The number of fused-ring (bicyclic) bond motifs is 1. The summed E-state index contributed by atoms with van der Waals surface area (Å²) in [6.07, 6.45) is 0.759. The molecular weight excluding hydrogens is 278 g/mol. The number of rotatable bonds is 5. The maximum atomic E-state index is 11.9. The van der Waals surface area contributed by atoms with Crippen LogP contribution in [0.3, 0.4) is 0 Å². The standard InChI is InChI=1S/C14H19N3O2.ClH/c1-4-13-17-11-7-10(5-6-12(11)19-13)16-14(18)9(2)8-15-3;/h5-7,9,15H,4,8H2,1-3H3,(H,16,18);1H. The summed E-state index contributed by atoms with van der Waals surface area (Å²) in [7, 11) is 1.83. The van der Waals surface area contributed by atoms with Crippen LogP contribution in [0, 0.1) is 5.92 Å². The molecule has 5 nitrogen and oxygen atoms in total. The zero-order valence-corrected chi connectivity index (χ0v) is 12.7. The average molecular weight is 298 g/mol. The predicted octanol–water partition coefficient (Wildman–Crippen LogP) is 2.61. The van der Waals surface area contributed by atoms with Gasteiger partial charge in [0.1, 0.15) is 5.52 Å². The molecule has 0 bridgehead atoms. The monoisotopic (exact) mass is 297 g/mol. The second kappa shape index (κ2) is 7.26. The van der Waals surface area contributed by atoms with Gasteiger partial charge in [-0.15, -0.1) is 12.4 Å². The molecule has 1 atom stereocenters. The fraction of sp³-hybridized carbons (Fsp3) is 0.429. The van der Waals surface area contributed by atoms with Crippen molar-refractivity contribution in [2.75, 3.05) is 18.9 Å². The number of carbonyl (C=O) groups is 1. The Kier molecular flexibility index (Phi) is 5.98. The first-order chi connectivity index (χ1) is 9.13. The lowest BCUT2D eigenvalue weighted by atomic mass is 10.1. The normalized spacial score (nSPS) is 11.9. The highest BCUT2D eigenvalue weighted by atomic mass is 35.5. The first-order valence-corrected chi connectivity index (χ1v) is 6.49. The van der Waals surface area contributed by atoms with E-state index in [-0.39, 0.29) is 24.2 Å². The number of hydrogen-bond donors (Lipinski definition) is 2. The van der Waals surface area contributed by atoms with Gasteiger partial charge in [0.05, 0.1) is 0 Å². The number of nitrogens with zero attached hydrogens (tertiary/aromatic N) is 1. The lowest BCUT2D eigenvalue weighted by Gasteiger charge is -2.11. The SMILES string of the molecule is CCc1nc2cc(NC(=O)C(C)CNC)ccc2o1.Cl. The maximum absolute atomic E-state index is 11.9. The molecule has 6 heteroatoms. The second-order valence-electron chi connectivity index (χ2n) is 4.59. The van der Waals surface area contributed by atoms with Crippen LogP contribution < -0.4 is 10.6 Å². The van der Waals surface area contributed by atoms with Crippen molar-refractivity contribution in [2.45, 2.75) is 20.3 Å². The Morgan fingerprint density at radius 1 is 1.45 bits per heavy atom. The van der Waals surface area contributed by atoms with E-state index in [0.717, 1.165) is 23.2 Å². The molecule has 0 aliphatic carbocycles. The van der Waals surface area contributed by atoms with Crippen molar-refractivity contribution in [3.63, 3.8) is 0 Å². The van der Waals surface area contributed by atoms with E-state index < -0.39 is 0 Å².